The first-order valence-corrected chi connectivity index (χ1v) is 12.5. The minimum atomic E-state index is -0.298. The third-order valence-corrected chi connectivity index (χ3v) is 7.41. The lowest BCUT2D eigenvalue weighted by Gasteiger charge is -2.23. The van der Waals surface area contributed by atoms with E-state index in [1.807, 2.05) is 73.8 Å². The Labute approximate surface area is 200 Å². The molecule has 0 aliphatic carbocycles. The second-order valence-corrected chi connectivity index (χ2v) is 10.1. The summed E-state index contributed by atoms with van der Waals surface area (Å²) in [5, 5.41) is 5.28. The van der Waals surface area contributed by atoms with Crippen LogP contribution in [-0.4, -0.2) is 46.7 Å². The van der Waals surface area contributed by atoms with Crippen molar-refractivity contribution in [1.29, 1.82) is 0 Å². The van der Waals surface area contributed by atoms with E-state index in [0.29, 0.717) is 28.3 Å². The maximum absolute atomic E-state index is 12.8. The van der Waals surface area contributed by atoms with Crippen LogP contribution in [0, 0.1) is 0 Å². The molecule has 0 aliphatic rings. The highest BCUT2D eigenvalue weighted by Crippen LogP contribution is 2.30. The number of aromatic amines is 1. The number of rotatable bonds is 9. The highest BCUT2D eigenvalue weighted by atomic mass is 32.2. The lowest BCUT2D eigenvalue weighted by Crippen LogP contribution is -2.38. The Bertz CT molecular complexity index is 1270. The van der Waals surface area contributed by atoms with E-state index >= 15 is 0 Å². The second-order valence-electron chi connectivity index (χ2n) is 7.90. The van der Waals surface area contributed by atoms with Crippen LogP contribution in [0.15, 0.2) is 63.3 Å². The summed E-state index contributed by atoms with van der Waals surface area (Å²) >= 11 is 2.90. The zero-order chi connectivity index (χ0) is 23.4. The summed E-state index contributed by atoms with van der Waals surface area (Å²) in [5.41, 5.74) is 1.73. The first-order chi connectivity index (χ1) is 15.9. The molecule has 2 N–H and O–H groups in total. The molecular weight excluding hydrogens is 456 g/mol. The summed E-state index contributed by atoms with van der Waals surface area (Å²) in [4.78, 5) is 35.7. The van der Waals surface area contributed by atoms with E-state index in [9.17, 15) is 9.59 Å². The number of fused-ring (bicyclic) bond motifs is 1. The number of H-pyrrole nitrogens is 1. The van der Waals surface area contributed by atoms with Gasteiger partial charge in [-0.15, -0.1) is 23.1 Å². The number of aromatic nitrogens is 2. The molecule has 7 nitrogen and oxygen atoms in total. The number of hydrogen-bond acceptors (Lipinski definition) is 7. The van der Waals surface area contributed by atoms with E-state index < -0.39 is 0 Å². The first kappa shape index (κ1) is 23.3. The molecule has 0 radical (unpaired) electrons. The molecule has 0 saturated heterocycles. The van der Waals surface area contributed by atoms with Crippen LogP contribution in [0.2, 0.25) is 0 Å². The van der Waals surface area contributed by atoms with Gasteiger partial charge in [0.15, 0.2) is 0 Å². The summed E-state index contributed by atoms with van der Waals surface area (Å²) in [6.07, 6.45) is 1.63. The lowest BCUT2D eigenvalue weighted by molar-refractivity contribution is -0.120. The van der Waals surface area contributed by atoms with Gasteiger partial charge in [0.1, 0.15) is 16.4 Å². The highest BCUT2D eigenvalue weighted by molar-refractivity contribution is 7.99. The highest BCUT2D eigenvalue weighted by Gasteiger charge is 2.21. The predicted octanol–water partition coefficient (Wildman–Crippen LogP) is 4.29. The molecule has 4 rings (SSSR count). The zero-order valence-corrected chi connectivity index (χ0v) is 20.3. The lowest BCUT2D eigenvalue weighted by atomic mass is 10.1. The van der Waals surface area contributed by atoms with Crippen molar-refractivity contribution in [2.45, 2.75) is 24.0 Å². The van der Waals surface area contributed by atoms with E-state index in [-0.39, 0.29) is 22.8 Å². The Morgan fingerprint density at radius 3 is 2.73 bits per heavy atom. The largest absolute Gasteiger partial charge is 0.468 e. The minimum Gasteiger partial charge on any atom is -0.468 e. The van der Waals surface area contributed by atoms with Crippen LogP contribution in [-0.2, 0) is 10.5 Å². The van der Waals surface area contributed by atoms with Crippen molar-refractivity contribution in [3.63, 3.8) is 0 Å². The number of carbonyl (C=O) groups excluding carboxylic acids is 1. The zero-order valence-electron chi connectivity index (χ0n) is 18.7. The van der Waals surface area contributed by atoms with Crippen LogP contribution in [0.5, 0.6) is 0 Å². The number of amides is 1. The average molecular weight is 483 g/mol. The molecule has 3 heterocycles. The number of thioether (sulfide) groups is 1. The van der Waals surface area contributed by atoms with Crippen LogP contribution >= 0.6 is 23.1 Å². The molecule has 1 amide bonds. The molecule has 172 valence electrons. The maximum Gasteiger partial charge on any atom is 0.260 e. The van der Waals surface area contributed by atoms with Gasteiger partial charge in [-0.25, -0.2) is 4.98 Å². The van der Waals surface area contributed by atoms with Crippen LogP contribution in [0.1, 0.15) is 24.6 Å². The third kappa shape index (κ3) is 5.38. The number of nitrogens with one attached hydrogen (secondary N) is 2. The van der Waals surface area contributed by atoms with Crippen LogP contribution in [0.4, 0.5) is 0 Å². The van der Waals surface area contributed by atoms with Gasteiger partial charge in [-0.3, -0.25) is 14.5 Å². The van der Waals surface area contributed by atoms with Crippen LogP contribution in [0.25, 0.3) is 21.3 Å². The smallest absolute Gasteiger partial charge is 0.260 e. The standard InChI is InChI=1S/C24H26N4O3S2/c1-15(22(29)25-12-18(28(2)3)19-10-7-11-31-19)32-14-20-26-23(30)21-17(13-33-24(21)27-20)16-8-5-4-6-9-16/h4-11,13,15,18H,12,14H2,1-3H3,(H,25,29)(H,26,27,30)/t15-,18-/m0/s1. The molecule has 3 aromatic heterocycles. The van der Waals surface area contributed by atoms with Crippen LogP contribution in [0.3, 0.4) is 0 Å². The van der Waals surface area contributed by atoms with Crippen molar-refractivity contribution in [3.05, 3.63) is 76.0 Å². The van der Waals surface area contributed by atoms with Crippen molar-refractivity contribution < 1.29 is 9.21 Å². The molecule has 0 aliphatic heterocycles. The Kier molecular flexibility index (Phi) is 7.32. The van der Waals surface area contributed by atoms with Gasteiger partial charge in [0.05, 0.1) is 28.7 Å². The van der Waals surface area contributed by atoms with Gasteiger partial charge >= 0.3 is 0 Å². The van der Waals surface area contributed by atoms with E-state index in [4.69, 9.17) is 4.42 Å². The SMILES string of the molecule is C[C@H](SCc1nc2scc(-c3ccccc3)c2c(=O)[nH]1)C(=O)NC[C@@H](c1ccco1)N(C)C. The summed E-state index contributed by atoms with van der Waals surface area (Å²) in [5.74, 6) is 1.75. The molecule has 4 aromatic rings. The van der Waals surface area contributed by atoms with Crippen molar-refractivity contribution >= 4 is 39.2 Å². The molecule has 0 unspecified atom stereocenters. The number of benzene rings is 1. The number of furan rings is 1. The summed E-state index contributed by atoms with van der Waals surface area (Å²) in [7, 11) is 3.90. The minimum absolute atomic E-state index is 0.0424. The Morgan fingerprint density at radius 2 is 2.03 bits per heavy atom. The van der Waals surface area contributed by atoms with Crippen molar-refractivity contribution in [1.82, 2.24) is 20.2 Å². The third-order valence-electron chi connectivity index (χ3n) is 5.38. The van der Waals surface area contributed by atoms with Gasteiger partial charge in [0.25, 0.3) is 5.56 Å². The molecule has 33 heavy (non-hydrogen) atoms. The van der Waals surface area contributed by atoms with Gasteiger partial charge in [-0.1, -0.05) is 30.3 Å². The summed E-state index contributed by atoms with van der Waals surface area (Å²) in [6, 6.07) is 13.5. The van der Waals surface area contributed by atoms with Crippen molar-refractivity contribution in [2.24, 2.45) is 0 Å². The summed E-state index contributed by atoms with van der Waals surface area (Å²) in [6.45, 7) is 2.30. The number of carbonyl (C=O) groups is 1. The number of hydrogen-bond donors (Lipinski definition) is 2. The van der Waals surface area contributed by atoms with Gasteiger partial charge < -0.3 is 14.7 Å². The van der Waals surface area contributed by atoms with Gasteiger partial charge in [0.2, 0.25) is 5.91 Å². The predicted molar refractivity (Wildman–Crippen MR) is 135 cm³/mol. The fraction of sp³-hybridized carbons (Fsp3) is 0.292. The Morgan fingerprint density at radius 1 is 1.24 bits per heavy atom. The molecule has 2 atom stereocenters. The Balaban J connectivity index is 1.39. The fourth-order valence-electron chi connectivity index (χ4n) is 3.53. The van der Waals surface area contributed by atoms with E-state index in [2.05, 4.69) is 15.3 Å². The van der Waals surface area contributed by atoms with Gasteiger partial charge in [-0.05, 0) is 38.7 Å². The molecule has 0 fully saturated rings. The molecule has 0 bridgehead atoms. The number of nitrogens with zero attached hydrogens (tertiary/aromatic N) is 2. The van der Waals surface area contributed by atoms with E-state index in [0.717, 1.165) is 16.9 Å². The van der Waals surface area contributed by atoms with Crippen LogP contribution < -0.4 is 10.9 Å². The molecule has 1 aromatic carbocycles. The molecular formula is C24H26N4O3S2. The Hall–Kier alpha value is -2.88. The quantitative estimate of drug-likeness (QED) is 0.370. The monoisotopic (exact) mass is 482 g/mol. The van der Waals surface area contributed by atoms with Crippen molar-refractivity contribution in [2.75, 3.05) is 20.6 Å². The maximum atomic E-state index is 12.8. The fourth-order valence-corrected chi connectivity index (χ4v) is 5.28. The topological polar surface area (TPSA) is 91.2 Å². The van der Waals surface area contributed by atoms with Gasteiger partial charge in [-0.2, -0.15) is 0 Å². The number of likely N-dealkylation sites (N-methyl/N-ethyl adjacent to an activating group) is 1. The van der Waals surface area contributed by atoms with E-state index in [1.165, 1.54) is 23.1 Å². The average Bonchev–Trinajstić information content (AvgIpc) is 3.48. The normalized spacial score (nSPS) is 13.3. The van der Waals surface area contributed by atoms with Gasteiger partial charge in [0, 0.05) is 17.5 Å². The summed E-state index contributed by atoms with van der Waals surface area (Å²) < 4.78 is 5.49. The van der Waals surface area contributed by atoms with E-state index in [1.54, 1.807) is 6.26 Å². The molecule has 0 saturated carbocycles. The second kappa shape index (κ2) is 10.4. The van der Waals surface area contributed by atoms with Crippen molar-refractivity contribution in [3.8, 4) is 11.1 Å². The molecule has 9 heteroatoms. The number of thiophene rings is 1. The first-order valence-electron chi connectivity index (χ1n) is 10.6. The molecule has 0 spiro atoms.